The number of nitrogens with one attached hydrogen (secondary N) is 1. The molecular formula is C19H23N3O3. The Labute approximate surface area is 147 Å². The smallest absolute Gasteiger partial charge is 0.268 e. The van der Waals surface area contributed by atoms with E-state index in [1.807, 2.05) is 62.4 Å². The lowest BCUT2D eigenvalue weighted by Crippen LogP contribution is -2.29. The first-order valence-corrected chi connectivity index (χ1v) is 8.00. The van der Waals surface area contributed by atoms with Gasteiger partial charge in [-0.15, -0.1) is 0 Å². The lowest BCUT2D eigenvalue weighted by molar-refractivity contribution is -0.126. The number of nitrogens with two attached hydrogens (primary N) is 1. The van der Waals surface area contributed by atoms with E-state index >= 15 is 0 Å². The lowest BCUT2D eigenvalue weighted by Gasteiger charge is -2.14. The van der Waals surface area contributed by atoms with E-state index in [2.05, 4.69) is 10.5 Å². The zero-order valence-electron chi connectivity index (χ0n) is 14.7. The molecule has 0 bridgehead atoms. The molecule has 25 heavy (non-hydrogen) atoms. The number of aryl methyl sites for hydroxylation is 2. The maximum atomic E-state index is 12.2. The molecule has 1 amide bonds. The molecule has 0 saturated heterocycles. The van der Waals surface area contributed by atoms with Crippen molar-refractivity contribution in [3.63, 3.8) is 0 Å². The highest BCUT2D eigenvalue weighted by Crippen LogP contribution is 2.19. The van der Waals surface area contributed by atoms with E-state index in [1.54, 1.807) is 6.92 Å². The van der Waals surface area contributed by atoms with Crippen LogP contribution in [-0.4, -0.2) is 24.5 Å². The second-order valence-corrected chi connectivity index (χ2v) is 5.69. The molecule has 2 aromatic carbocycles. The Balaban J connectivity index is 1.86. The third kappa shape index (κ3) is 5.53. The van der Waals surface area contributed by atoms with Crippen molar-refractivity contribution in [2.75, 3.05) is 11.9 Å². The molecule has 0 aliphatic rings. The summed E-state index contributed by atoms with van der Waals surface area (Å²) in [5.74, 6) is 0.537. The number of para-hydroxylation sites is 2. The Morgan fingerprint density at radius 2 is 1.76 bits per heavy atom. The molecule has 0 aliphatic carbocycles. The number of oxime groups is 1. The normalized spacial score (nSPS) is 12.4. The quantitative estimate of drug-likeness (QED) is 0.460. The molecule has 0 aromatic heterocycles. The number of hydrogen-bond acceptors (Lipinski definition) is 4. The fourth-order valence-electron chi connectivity index (χ4n) is 2.13. The molecule has 1 unspecified atom stereocenters. The van der Waals surface area contributed by atoms with E-state index < -0.39 is 6.10 Å². The van der Waals surface area contributed by atoms with E-state index in [9.17, 15) is 4.79 Å². The highest BCUT2D eigenvalue weighted by Gasteiger charge is 2.16. The van der Waals surface area contributed by atoms with E-state index in [-0.39, 0.29) is 18.3 Å². The predicted octanol–water partition coefficient (Wildman–Crippen LogP) is 3.00. The van der Waals surface area contributed by atoms with Gasteiger partial charge in [0.2, 0.25) is 6.10 Å². The number of anilines is 1. The standard InChI is InChI=1S/C19H23N3O3/c1-13-8-7-9-14(2)18(13)21-19(23)15(3)25-22-17(20)12-24-16-10-5-4-6-11-16/h4-11,15H,12H2,1-3H3,(H2,20,22)(H,21,23). The van der Waals surface area contributed by atoms with Crippen LogP contribution in [0.15, 0.2) is 53.7 Å². The van der Waals surface area contributed by atoms with Gasteiger partial charge in [-0.05, 0) is 44.0 Å². The topological polar surface area (TPSA) is 85.9 Å². The molecule has 2 aromatic rings. The van der Waals surface area contributed by atoms with Gasteiger partial charge >= 0.3 is 0 Å². The first kappa shape index (κ1) is 18.3. The Kier molecular flexibility index (Phi) is 6.39. The summed E-state index contributed by atoms with van der Waals surface area (Å²) in [6.45, 7) is 5.56. The van der Waals surface area contributed by atoms with Crippen LogP contribution in [0.1, 0.15) is 18.1 Å². The first-order valence-electron chi connectivity index (χ1n) is 8.00. The molecule has 0 spiro atoms. The third-order valence-corrected chi connectivity index (χ3v) is 3.56. The summed E-state index contributed by atoms with van der Waals surface area (Å²) in [5, 5.41) is 6.61. The van der Waals surface area contributed by atoms with Crippen LogP contribution in [0.3, 0.4) is 0 Å². The second-order valence-electron chi connectivity index (χ2n) is 5.69. The van der Waals surface area contributed by atoms with Crippen LogP contribution in [0.5, 0.6) is 5.75 Å². The number of amides is 1. The van der Waals surface area contributed by atoms with Crippen LogP contribution < -0.4 is 15.8 Å². The van der Waals surface area contributed by atoms with E-state index in [1.165, 1.54) is 0 Å². The Hall–Kier alpha value is -3.02. The molecule has 3 N–H and O–H groups in total. The molecule has 6 heteroatoms. The maximum Gasteiger partial charge on any atom is 0.268 e. The van der Waals surface area contributed by atoms with Crippen LogP contribution in [0.25, 0.3) is 0 Å². The SMILES string of the molecule is Cc1cccc(C)c1NC(=O)C(C)ON=C(N)COc1ccccc1. The molecule has 6 nitrogen and oxygen atoms in total. The van der Waals surface area contributed by atoms with Gasteiger partial charge in [0.15, 0.2) is 5.84 Å². The maximum absolute atomic E-state index is 12.2. The minimum Gasteiger partial charge on any atom is -0.486 e. The highest BCUT2D eigenvalue weighted by atomic mass is 16.6. The summed E-state index contributed by atoms with van der Waals surface area (Å²) in [5.41, 5.74) is 8.50. The van der Waals surface area contributed by atoms with Crippen molar-refractivity contribution in [3.05, 3.63) is 59.7 Å². The predicted molar refractivity (Wildman–Crippen MR) is 98.7 cm³/mol. The summed E-state index contributed by atoms with van der Waals surface area (Å²) in [4.78, 5) is 17.4. The van der Waals surface area contributed by atoms with Crippen LogP contribution in [-0.2, 0) is 9.63 Å². The number of ether oxygens (including phenoxy) is 1. The van der Waals surface area contributed by atoms with Gasteiger partial charge in [-0.3, -0.25) is 4.79 Å². The van der Waals surface area contributed by atoms with Gasteiger partial charge in [0, 0.05) is 5.69 Å². The summed E-state index contributed by atoms with van der Waals surface area (Å²) in [6.07, 6.45) is -0.783. The number of benzene rings is 2. The van der Waals surface area contributed by atoms with Crippen molar-refractivity contribution in [2.45, 2.75) is 26.9 Å². The van der Waals surface area contributed by atoms with Gasteiger partial charge in [-0.2, -0.15) is 0 Å². The monoisotopic (exact) mass is 341 g/mol. The molecule has 0 radical (unpaired) electrons. The first-order chi connectivity index (χ1) is 12.0. The lowest BCUT2D eigenvalue weighted by atomic mass is 10.1. The zero-order chi connectivity index (χ0) is 18.2. The molecule has 1 atom stereocenters. The molecule has 0 fully saturated rings. The van der Waals surface area contributed by atoms with Crippen molar-refractivity contribution in [1.29, 1.82) is 0 Å². The van der Waals surface area contributed by atoms with Crippen LogP contribution in [0, 0.1) is 13.8 Å². The van der Waals surface area contributed by atoms with Gasteiger partial charge in [0.25, 0.3) is 5.91 Å². The largest absolute Gasteiger partial charge is 0.486 e. The summed E-state index contributed by atoms with van der Waals surface area (Å²) < 4.78 is 5.45. The number of carbonyl (C=O) groups excluding carboxylic acids is 1. The Morgan fingerprint density at radius 3 is 2.40 bits per heavy atom. The minimum absolute atomic E-state index is 0.0786. The van der Waals surface area contributed by atoms with Crippen molar-refractivity contribution in [1.82, 2.24) is 0 Å². The fourth-order valence-corrected chi connectivity index (χ4v) is 2.13. The summed E-state index contributed by atoms with van der Waals surface area (Å²) >= 11 is 0. The highest BCUT2D eigenvalue weighted by molar-refractivity contribution is 5.95. The molecule has 0 heterocycles. The third-order valence-electron chi connectivity index (χ3n) is 3.56. The van der Waals surface area contributed by atoms with Crippen molar-refractivity contribution in [3.8, 4) is 5.75 Å². The average Bonchev–Trinajstić information content (AvgIpc) is 2.61. The van der Waals surface area contributed by atoms with Crippen molar-refractivity contribution >= 4 is 17.4 Å². The molecule has 0 aliphatic heterocycles. The fraction of sp³-hybridized carbons (Fsp3) is 0.263. The Bertz CT molecular complexity index is 725. The van der Waals surface area contributed by atoms with Gasteiger partial charge in [-0.25, -0.2) is 0 Å². The van der Waals surface area contributed by atoms with Gasteiger partial charge in [-0.1, -0.05) is 41.6 Å². The van der Waals surface area contributed by atoms with Gasteiger partial charge in [0.1, 0.15) is 12.4 Å². The van der Waals surface area contributed by atoms with E-state index in [0.717, 1.165) is 16.8 Å². The van der Waals surface area contributed by atoms with E-state index in [4.69, 9.17) is 15.3 Å². The average molecular weight is 341 g/mol. The molecule has 132 valence electrons. The van der Waals surface area contributed by atoms with E-state index in [0.29, 0.717) is 5.75 Å². The number of carbonyl (C=O) groups is 1. The van der Waals surface area contributed by atoms with Gasteiger partial charge in [0.05, 0.1) is 0 Å². The van der Waals surface area contributed by atoms with Crippen LogP contribution in [0.4, 0.5) is 5.69 Å². The number of hydrogen-bond donors (Lipinski definition) is 2. The van der Waals surface area contributed by atoms with Gasteiger partial charge < -0.3 is 20.6 Å². The molecular weight excluding hydrogens is 318 g/mol. The summed E-state index contributed by atoms with van der Waals surface area (Å²) in [6, 6.07) is 15.1. The number of rotatable bonds is 7. The molecule has 0 saturated carbocycles. The minimum atomic E-state index is -0.783. The molecule has 2 rings (SSSR count). The van der Waals surface area contributed by atoms with Crippen LogP contribution >= 0.6 is 0 Å². The second kappa shape index (κ2) is 8.73. The number of amidine groups is 1. The number of nitrogens with zero attached hydrogens (tertiary/aromatic N) is 1. The zero-order valence-corrected chi connectivity index (χ0v) is 14.7. The van der Waals surface area contributed by atoms with Crippen molar-refractivity contribution in [2.24, 2.45) is 10.9 Å². The van der Waals surface area contributed by atoms with Crippen molar-refractivity contribution < 1.29 is 14.4 Å². The summed E-state index contributed by atoms with van der Waals surface area (Å²) in [7, 11) is 0. The van der Waals surface area contributed by atoms with Crippen LogP contribution in [0.2, 0.25) is 0 Å². The Morgan fingerprint density at radius 1 is 1.12 bits per heavy atom.